The minimum absolute atomic E-state index is 0.00779. The Bertz CT molecular complexity index is 2000. The summed E-state index contributed by atoms with van der Waals surface area (Å²) < 4.78 is 58.2. The Morgan fingerprint density at radius 3 is 1.81 bits per heavy atom. The van der Waals surface area contributed by atoms with E-state index in [1.807, 2.05) is 74.5 Å². The zero-order valence-electron chi connectivity index (χ0n) is 32.3. The molecule has 0 amide bonds. The third-order valence-corrected chi connectivity index (χ3v) is 11.2. The number of hydrogen-bond donors (Lipinski definition) is 1. The van der Waals surface area contributed by atoms with Gasteiger partial charge in [-0.3, -0.25) is 14.4 Å². The van der Waals surface area contributed by atoms with Crippen LogP contribution in [0.2, 0.25) is 0 Å². The zero-order chi connectivity index (χ0) is 39.6. The maximum absolute atomic E-state index is 15.4. The zero-order valence-corrected chi connectivity index (χ0v) is 33.9. The molecule has 0 aromatic heterocycles. The number of rotatable bonds is 14. The molecule has 3 rings (SSSR count). The number of aliphatic hydroxyl groups excluding tert-OH is 1. The monoisotopic (exact) mass is 758 g/mol. The van der Waals surface area contributed by atoms with Crippen LogP contribution in [0.3, 0.4) is 0 Å². The summed E-state index contributed by atoms with van der Waals surface area (Å²) in [5, 5.41) is 12.0. The molecule has 286 valence electrons. The first-order valence-electron chi connectivity index (χ1n) is 17.4. The van der Waals surface area contributed by atoms with Crippen LogP contribution in [-0.4, -0.2) is 51.8 Å². The quantitative estimate of drug-likeness (QED) is 0.0490. The summed E-state index contributed by atoms with van der Waals surface area (Å²) in [4.78, 5) is 45.8. The van der Waals surface area contributed by atoms with Gasteiger partial charge in [0.05, 0.1) is 17.9 Å². The molecule has 4 atom stereocenters. The number of benzene rings is 1. The third-order valence-electron chi connectivity index (χ3n) is 10.2. The smallest absolute Gasteiger partial charge is 0.306 e. The van der Waals surface area contributed by atoms with Crippen LogP contribution < -0.4 is 8.37 Å². The van der Waals surface area contributed by atoms with E-state index in [0.717, 1.165) is 46.9 Å². The topological polar surface area (TPSA) is 158 Å². The van der Waals surface area contributed by atoms with Gasteiger partial charge in [0.1, 0.15) is 16.7 Å². The molecule has 12 heteroatoms. The number of fused-ring (bicyclic) bond motifs is 2. The Morgan fingerprint density at radius 2 is 1.29 bits per heavy atom. The molecule has 0 radical (unpaired) electrons. The number of Topliss-reactive ketones (excluding diaryl/α,β-unsaturated/α-hetero) is 3. The Balaban J connectivity index is 2.54. The van der Waals surface area contributed by atoms with E-state index in [4.69, 9.17) is 8.37 Å². The highest BCUT2D eigenvalue weighted by Crippen LogP contribution is 2.67. The van der Waals surface area contributed by atoms with Crippen molar-refractivity contribution in [3.05, 3.63) is 75.9 Å². The van der Waals surface area contributed by atoms with Gasteiger partial charge in [0, 0.05) is 5.56 Å². The van der Waals surface area contributed by atoms with E-state index in [9.17, 15) is 26.7 Å². The van der Waals surface area contributed by atoms with Crippen molar-refractivity contribution in [1.29, 1.82) is 0 Å². The number of allylic oxidation sites excluding steroid dienone is 9. The van der Waals surface area contributed by atoms with Gasteiger partial charge in [-0.25, -0.2) is 0 Å². The molecular weight excluding hydrogens is 705 g/mol. The molecule has 52 heavy (non-hydrogen) atoms. The summed E-state index contributed by atoms with van der Waals surface area (Å²) >= 11 is 0. The number of ketones is 3. The summed E-state index contributed by atoms with van der Waals surface area (Å²) in [5.74, 6) is -4.17. The van der Waals surface area contributed by atoms with E-state index in [2.05, 4.69) is 12.2 Å². The first-order chi connectivity index (χ1) is 23.8. The molecule has 0 saturated heterocycles. The van der Waals surface area contributed by atoms with E-state index in [0.29, 0.717) is 19.3 Å². The van der Waals surface area contributed by atoms with Crippen LogP contribution in [0.5, 0.6) is 11.5 Å². The molecule has 2 aliphatic rings. The van der Waals surface area contributed by atoms with E-state index < -0.39 is 76.7 Å². The van der Waals surface area contributed by atoms with Crippen LogP contribution in [0, 0.1) is 22.2 Å². The van der Waals surface area contributed by atoms with Gasteiger partial charge in [-0.15, -0.1) is 0 Å². The molecule has 0 aliphatic heterocycles. The summed E-state index contributed by atoms with van der Waals surface area (Å²) in [6.07, 6.45) is 11.1. The number of aliphatic hydroxyl groups is 1. The summed E-state index contributed by atoms with van der Waals surface area (Å²) in [6.45, 7) is 17.4. The summed E-state index contributed by atoms with van der Waals surface area (Å²) in [7, 11) is -8.38. The molecule has 0 heterocycles. The van der Waals surface area contributed by atoms with Gasteiger partial charge >= 0.3 is 20.2 Å². The van der Waals surface area contributed by atoms with Crippen molar-refractivity contribution in [2.45, 2.75) is 101 Å². The maximum Gasteiger partial charge on any atom is 0.306 e. The second-order valence-electron chi connectivity index (χ2n) is 15.6. The van der Waals surface area contributed by atoms with Crippen molar-refractivity contribution in [2.24, 2.45) is 22.2 Å². The molecule has 1 aromatic carbocycles. The highest BCUT2D eigenvalue weighted by Gasteiger charge is 2.74. The predicted molar refractivity (Wildman–Crippen MR) is 204 cm³/mol. The first-order valence-corrected chi connectivity index (χ1v) is 21.0. The van der Waals surface area contributed by atoms with Crippen LogP contribution in [-0.2, 0) is 34.6 Å². The molecule has 2 bridgehead atoms. The second-order valence-corrected chi connectivity index (χ2v) is 18.7. The fourth-order valence-corrected chi connectivity index (χ4v) is 8.49. The van der Waals surface area contributed by atoms with Crippen LogP contribution in [0.1, 0.15) is 106 Å². The average molecular weight is 759 g/mol. The molecule has 1 N–H and O–H groups in total. The normalized spacial score (nSPS) is 25.5. The lowest BCUT2D eigenvalue weighted by Crippen LogP contribution is -2.70. The molecule has 0 spiro atoms. The summed E-state index contributed by atoms with van der Waals surface area (Å²) in [6, 6.07) is 3.25. The lowest BCUT2D eigenvalue weighted by molar-refractivity contribution is -0.178. The maximum atomic E-state index is 15.4. The minimum atomic E-state index is -4.24. The number of carbonyl (C=O) groups excluding carboxylic acids is 3. The molecule has 2 fully saturated rings. The summed E-state index contributed by atoms with van der Waals surface area (Å²) in [5.41, 5.74) is -1.27. The Labute approximate surface area is 310 Å². The van der Waals surface area contributed by atoms with E-state index in [1.54, 1.807) is 0 Å². The third kappa shape index (κ3) is 8.87. The van der Waals surface area contributed by atoms with Crippen molar-refractivity contribution < 1.29 is 44.7 Å². The van der Waals surface area contributed by atoms with Gasteiger partial charge in [0.15, 0.2) is 28.8 Å². The fourth-order valence-electron chi connectivity index (χ4n) is 7.57. The van der Waals surface area contributed by atoms with Crippen molar-refractivity contribution in [2.75, 3.05) is 12.5 Å². The molecule has 2 aliphatic carbocycles. The Hall–Kier alpha value is -3.77. The van der Waals surface area contributed by atoms with Gasteiger partial charge in [0.2, 0.25) is 0 Å². The van der Waals surface area contributed by atoms with E-state index >= 15 is 9.59 Å². The van der Waals surface area contributed by atoms with Crippen molar-refractivity contribution in [3.63, 3.8) is 0 Å². The average Bonchev–Trinajstić information content (AvgIpc) is 2.99. The highest BCUT2D eigenvalue weighted by atomic mass is 32.2. The van der Waals surface area contributed by atoms with Gasteiger partial charge < -0.3 is 13.5 Å². The van der Waals surface area contributed by atoms with E-state index in [-0.39, 0.29) is 30.7 Å². The predicted octanol–water partition coefficient (Wildman–Crippen LogP) is 8.17. The molecular formula is C40H54O10S2. The number of hydrogen-bond acceptors (Lipinski definition) is 10. The van der Waals surface area contributed by atoms with Crippen LogP contribution in [0.4, 0.5) is 0 Å². The second kappa shape index (κ2) is 15.7. The Kier molecular flexibility index (Phi) is 12.9. The van der Waals surface area contributed by atoms with Gasteiger partial charge in [0.25, 0.3) is 0 Å². The van der Waals surface area contributed by atoms with Crippen molar-refractivity contribution in [1.82, 2.24) is 0 Å². The van der Waals surface area contributed by atoms with Crippen molar-refractivity contribution >= 4 is 43.3 Å². The van der Waals surface area contributed by atoms with Gasteiger partial charge in [-0.05, 0) is 123 Å². The molecule has 0 unspecified atom stereocenters. The van der Waals surface area contributed by atoms with E-state index in [1.165, 1.54) is 6.07 Å². The fraction of sp³-hybridized carbons (Fsp3) is 0.525. The lowest BCUT2D eigenvalue weighted by atomic mass is 9.37. The minimum Gasteiger partial charge on any atom is -0.506 e. The van der Waals surface area contributed by atoms with Crippen LogP contribution in [0.25, 0.3) is 5.76 Å². The molecule has 1 aromatic rings. The SMILES string of the molecule is CC(C)=CCC[C@]1(C)[C@@H](CC=C(C)C)C[C@@]2(CC=C(C)C)C(=O)/C(=C(/O)c3ccc(OS(C)(=O)=O)c(OS(C)(=O)=O)c3)C(=O)[C@]1(CC=C(C)C)C2=O. The van der Waals surface area contributed by atoms with Crippen LogP contribution in [0.15, 0.2) is 70.4 Å². The molecule has 10 nitrogen and oxygen atoms in total. The molecule has 2 saturated carbocycles. The first kappa shape index (κ1) is 42.6. The Morgan fingerprint density at radius 1 is 0.769 bits per heavy atom. The van der Waals surface area contributed by atoms with Gasteiger partial charge in [-0.2, -0.15) is 16.8 Å². The van der Waals surface area contributed by atoms with Gasteiger partial charge in [-0.1, -0.05) is 53.5 Å². The number of carbonyl (C=O) groups is 3. The van der Waals surface area contributed by atoms with Crippen molar-refractivity contribution in [3.8, 4) is 11.5 Å². The largest absolute Gasteiger partial charge is 0.506 e. The standard InChI is InChI=1S/C40H54O10S2/c1-25(2)13-12-20-38(9)30(16-14-26(3)4)24-39(21-18-27(5)6)35(42)33(36(43)40(38,37(39)44)22-19-28(7)8)34(41)29-15-17-31(49-51(10,45)46)32(23-29)50-52(11,47)48/h13-15,17-19,23,30,41H,12,16,20-22,24H2,1-11H3/b34-33-/t30-,38+,39-,40+/m0/s1. The highest BCUT2D eigenvalue weighted by molar-refractivity contribution is 7.86. The van der Waals surface area contributed by atoms with Crippen LogP contribution >= 0.6 is 0 Å². The lowest BCUT2D eigenvalue weighted by Gasteiger charge is -2.61.